The summed E-state index contributed by atoms with van der Waals surface area (Å²) in [6.07, 6.45) is 3.19. The molecule has 1 aromatic heterocycles. The predicted octanol–water partition coefficient (Wildman–Crippen LogP) is 2.16. The Balaban J connectivity index is 2.29. The number of carboxylic acids is 1. The second-order valence-corrected chi connectivity index (χ2v) is 5.71. The van der Waals surface area contributed by atoms with Gasteiger partial charge in [0.05, 0.1) is 22.8 Å². The van der Waals surface area contributed by atoms with Crippen LogP contribution < -0.4 is 10.7 Å². The summed E-state index contributed by atoms with van der Waals surface area (Å²) in [5, 5.41) is 21.8. The Labute approximate surface area is 130 Å². The highest BCUT2D eigenvalue weighted by atomic mass is 35.5. The van der Waals surface area contributed by atoms with Gasteiger partial charge in [-0.3, -0.25) is 4.79 Å². The lowest BCUT2D eigenvalue weighted by Crippen LogP contribution is -2.16. The van der Waals surface area contributed by atoms with E-state index in [1.807, 2.05) is 0 Å². The molecule has 4 N–H and O–H groups in total. The standard InChI is InChI=1S/C15H15ClN2O4/c16-12-10(17-3-4-19)5-8-13(11(12)7-1-2-7)18-6-9(14(8)20)15(21)22/h5-7,17,19H,1-4H2,(H,18,20)(H,21,22). The van der Waals surface area contributed by atoms with Gasteiger partial charge in [-0.15, -0.1) is 0 Å². The number of aliphatic hydroxyl groups is 1. The summed E-state index contributed by atoms with van der Waals surface area (Å²) < 4.78 is 0. The number of H-pyrrole nitrogens is 1. The third kappa shape index (κ3) is 2.44. The van der Waals surface area contributed by atoms with Crippen molar-refractivity contribution in [2.24, 2.45) is 0 Å². The van der Waals surface area contributed by atoms with Crippen molar-refractivity contribution in [3.05, 3.63) is 38.6 Å². The first-order valence-electron chi connectivity index (χ1n) is 7.00. The van der Waals surface area contributed by atoms with Crippen LogP contribution in [0.4, 0.5) is 5.69 Å². The fourth-order valence-corrected chi connectivity index (χ4v) is 2.97. The van der Waals surface area contributed by atoms with Crippen LogP contribution in [0.15, 0.2) is 17.1 Å². The molecule has 0 atom stereocenters. The fourth-order valence-electron chi connectivity index (χ4n) is 2.60. The maximum atomic E-state index is 12.4. The molecule has 1 fully saturated rings. The van der Waals surface area contributed by atoms with Gasteiger partial charge < -0.3 is 20.5 Å². The number of rotatable bonds is 5. The lowest BCUT2D eigenvalue weighted by molar-refractivity contribution is 0.0695. The highest BCUT2D eigenvalue weighted by Crippen LogP contribution is 2.47. The van der Waals surface area contributed by atoms with Crippen LogP contribution >= 0.6 is 11.6 Å². The Morgan fingerprint density at radius 2 is 2.18 bits per heavy atom. The van der Waals surface area contributed by atoms with Crippen LogP contribution in [0, 0.1) is 0 Å². The molecule has 1 heterocycles. The molecule has 0 bridgehead atoms. The van der Waals surface area contributed by atoms with Crippen molar-refractivity contribution in [3.63, 3.8) is 0 Å². The van der Waals surface area contributed by atoms with Crippen LogP contribution in [0.25, 0.3) is 10.9 Å². The van der Waals surface area contributed by atoms with Crippen molar-refractivity contribution in [2.75, 3.05) is 18.5 Å². The van der Waals surface area contributed by atoms with Gasteiger partial charge in [-0.05, 0) is 24.8 Å². The predicted molar refractivity (Wildman–Crippen MR) is 84.1 cm³/mol. The number of halogens is 1. The van der Waals surface area contributed by atoms with Crippen molar-refractivity contribution >= 4 is 34.2 Å². The van der Waals surface area contributed by atoms with Gasteiger partial charge in [0.25, 0.3) is 0 Å². The minimum atomic E-state index is -1.27. The number of hydrogen-bond acceptors (Lipinski definition) is 4. The Bertz CT molecular complexity index is 811. The molecule has 3 rings (SSSR count). The number of nitrogens with one attached hydrogen (secondary N) is 2. The van der Waals surface area contributed by atoms with Crippen molar-refractivity contribution < 1.29 is 15.0 Å². The van der Waals surface area contributed by atoms with E-state index in [0.717, 1.165) is 18.4 Å². The van der Waals surface area contributed by atoms with Crippen molar-refractivity contribution in [3.8, 4) is 0 Å². The molecule has 1 aromatic carbocycles. The molecular formula is C15H15ClN2O4. The van der Waals surface area contributed by atoms with E-state index in [1.54, 1.807) is 6.07 Å². The molecule has 6 nitrogen and oxygen atoms in total. The second-order valence-electron chi connectivity index (χ2n) is 5.34. The van der Waals surface area contributed by atoms with Gasteiger partial charge in [-0.2, -0.15) is 0 Å². The van der Waals surface area contributed by atoms with Crippen LogP contribution in [0.5, 0.6) is 0 Å². The number of carbonyl (C=O) groups is 1. The van der Waals surface area contributed by atoms with E-state index in [2.05, 4.69) is 10.3 Å². The topological polar surface area (TPSA) is 102 Å². The molecule has 22 heavy (non-hydrogen) atoms. The van der Waals surface area contributed by atoms with Crippen LogP contribution in [0.3, 0.4) is 0 Å². The molecule has 2 aromatic rings. The number of pyridine rings is 1. The maximum absolute atomic E-state index is 12.4. The Kier molecular flexibility index (Phi) is 3.80. The Hall–Kier alpha value is -2.05. The number of aromatic amines is 1. The molecule has 0 spiro atoms. The van der Waals surface area contributed by atoms with Crippen LogP contribution in [0.2, 0.25) is 5.02 Å². The zero-order valence-electron chi connectivity index (χ0n) is 11.6. The lowest BCUT2D eigenvalue weighted by atomic mass is 10.0. The van der Waals surface area contributed by atoms with E-state index in [1.165, 1.54) is 6.20 Å². The quantitative estimate of drug-likeness (QED) is 0.675. The molecule has 1 aliphatic carbocycles. The van der Waals surface area contributed by atoms with Crippen LogP contribution in [-0.4, -0.2) is 34.3 Å². The van der Waals surface area contributed by atoms with Gasteiger partial charge in [0.1, 0.15) is 5.56 Å². The second kappa shape index (κ2) is 5.62. The molecule has 1 saturated carbocycles. The van der Waals surface area contributed by atoms with E-state index in [4.69, 9.17) is 21.8 Å². The van der Waals surface area contributed by atoms with E-state index in [-0.39, 0.29) is 18.1 Å². The number of aliphatic hydroxyl groups excluding tert-OH is 1. The van der Waals surface area contributed by atoms with E-state index in [9.17, 15) is 9.59 Å². The third-order valence-corrected chi connectivity index (χ3v) is 4.20. The Morgan fingerprint density at radius 3 is 2.77 bits per heavy atom. The zero-order valence-corrected chi connectivity index (χ0v) is 12.4. The van der Waals surface area contributed by atoms with Gasteiger partial charge in [0.2, 0.25) is 5.43 Å². The number of aromatic carboxylic acids is 1. The number of fused-ring (bicyclic) bond motifs is 1. The fraction of sp³-hybridized carbons (Fsp3) is 0.333. The monoisotopic (exact) mass is 322 g/mol. The van der Waals surface area contributed by atoms with E-state index < -0.39 is 11.4 Å². The van der Waals surface area contributed by atoms with E-state index in [0.29, 0.717) is 28.2 Å². The molecule has 0 saturated heterocycles. The molecule has 7 heteroatoms. The molecule has 116 valence electrons. The molecule has 0 radical (unpaired) electrons. The van der Waals surface area contributed by atoms with E-state index >= 15 is 0 Å². The van der Waals surface area contributed by atoms with Gasteiger partial charge in [-0.25, -0.2) is 4.79 Å². The van der Waals surface area contributed by atoms with Crippen LogP contribution in [-0.2, 0) is 0 Å². The average molecular weight is 323 g/mol. The lowest BCUT2D eigenvalue weighted by Gasteiger charge is -2.14. The summed E-state index contributed by atoms with van der Waals surface area (Å²) in [7, 11) is 0. The highest BCUT2D eigenvalue weighted by Gasteiger charge is 2.30. The highest BCUT2D eigenvalue weighted by molar-refractivity contribution is 6.35. The van der Waals surface area contributed by atoms with Crippen molar-refractivity contribution in [1.82, 2.24) is 4.98 Å². The minimum absolute atomic E-state index is 0.0708. The number of aromatic nitrogens is 1. The number of benzene rings is 1. The summed E-state index contributed by atoms with van der Waals surface area (Å²) in [5.41, 5.74) is 1.14. The first-order chi connectivity index (χ1) is 10.5. The van der Waals surface area contributed by atoms with Crippen LogP contribution in [0.1, 0.15) is 34.7 Å². The average Bonchev–Trinajstić information content (AvgIpc) is 3.30. The van der Waals surface area contributed by atoms with Gasteiger partial charge in [-0.1, -0.05) is 11.6 Å². The summed E-state index contributed by atoms with van der Waals surface area (Å²) in [6.45, 7) is 0.227. The number of hydrogen-bond donors (Lipinski definition) is 4. The molecule has 0 unspecified atom stereocenters. The molecule has 1 aliphatic rings. The third-order valence-electron chi connectivity index (χ3n) is 3.79. The van der Waals surface area contributed by atoms with Crippen molar-refractivity contribution in [2.45, 2.75) is 18.8 Å². The first-order valence-corrected chi connectivity index (χ1v) is 7.38. The smallest absolute Gasteiger partial charge is 0.341 e. The summed E-state index contributed by atoms with van der Waals surface area (Å²) in [5.74, 6) is -0.992. The zero-order chi connectivity index (χ0) is 15.9. The van der Waals surface area contributed by atoms with Gasteiger partial charge in [0.15, 0.2) is 0 Å². The summed E-state index contributed by atoms with van der Waals surface area (Å²) in [4.78, 5) is 26.4. The largest absolute Gasteiger partial charge is 0.477 e. The van der Waals surface area contributed by atoms with Gasteiger partial charge in [0, 0.05) is 23.7 Å². The minimum Gasteiger partial charge on any atom is -0.477 e. The molecular weight excluding hydrogens is 308 g/mol. The number of anilines is 1. The molecule has 0 aliphatic heterocycles. The summed E-state index contributed by atoms with van der Waals surface area (Å²) in [6, 6.07) is 1.55. The van der Waals surface area contributed by atoms with Crippen molar-refractivity contribution in [1.29, 1.82) is 0 Å². The normalized spacial score (nSPS) is 14.3. The first kappa shape index (κ1) is 14.9. The SMILES string of the molecule is O=C(O)c1c[nH]c2c(C3CC3)c(Cl)c(NCCO)cc2c1=O. The summed E-state index contributed by atoms with van der Waals surface area (Å²) >= 11 is 6.43. The Morgan fingerprint density at radius 1 is 1.45 bits per heavy atom. The number of carboxylic acid groups (broad SMARTS) is 1. The van der Waals surface area contributed by atoms with Gasteiger partial charge >= 0.3 is 5.97 Å². The maximum Gasteiger partial charge on any atom is 0.341 e. The molecule has 0 amide bonds.